The van der Waals surface area contributed by atoms with Crippen molar-refractivity contribution in [2.45, 2.75) is 6.42 Å². The summed E-state index contributed by atoms with van der Waals surface area (Å²) in [6.45, 7) is 3.12. The fourth-order valence-corrected chi connectivity index (χ4v) is 2.37. The standard InChI is InChI=1S/C10H15N7/c1-11-4-8-2-3-16(7-8)10-6-12-5-9-13-14-15-17(9)10/h5-6,8,11H,2-4,7H2,1H3. The molecule has 7 heteroatoms. The molecule has 2 aromatic heterocycles. The number of nitrogens with one attached hydrogen (secondary N) is 1. The van der Waals surface area contributed by atoms with Crippen molar-refractivity contribution in [2.24, 2.45) is 5.92 Å². The molecule has 1 aliphatic heterocycles. The van der Waals surface area contributed by atoms with Crippen LogP contribution in [-0.2, 0) is 0 Å². The average Bonchev–Trinajstić information content (AvgIpc) is 2.96. The fraction of sp³-hybridized carbons (Fsp3) is 0.600. The van der Waals surface area contributed by atoms with Gasteiger partial charge in [-0.25, -0.2) is 0 Å². The van der Waals surface area contributed by atoms with Crippen LogP contribution in [0.25, 0.3) is 5.65 Å². The molecule has 0 saturated carbocycles. The maximum absolute atomic E-state index is 4.18. The van der Waals surface area contributed by atoms with Crippen molar-refractivity contribution in [3.8, 4) is 0 Å². The summed E-state index contributed by atoms with van der Waals surface area (Å²) in [5.41, 5.74) is 0.694. The van der Waals surface area contributed by atoms with Crippen LogP contribution < -0.4 is 10.2 Å². The van der Waals surface area contributed by atoms with Gasteiger partial charge in [-0.05, 0) is 36.4 Å². The van der Waals surface area contributed by atoms with E-state index in [2.05, 4.69) is 30.7 Å². The third-order valence-corrected chi connectivity index (χ3v) is 3.19. The quantitative estimate of drug-likeness (QED) is 0.775. The molecule has 1 aliphatic rings. The van der Waals surface area contributed by atoms with Crippen molar-refractivity contribution >= 4 is 11.5 Å². The van der Waals surface area contributed by atoms with Gasteiger partial charge in [0.2, 0.25) is 0 Å². The molecule has 1 fully saturated rings. The van der Waals surface area contributed by atoms with Crippen molar-refractivity contribution in [3.05, 3.63) is 12.4 Å². The maximum atomic E-state index is 4.18. The highest BCUT2D eigenvalue weighted by Crippen LogP contribution is 2.22. The van der Waals surface area contributed by atoms with Gasteiger partial charge in [-0.1, -0.05) is 0 Å². The largest absolute Gasteiger partial charge is 0.355 e. The van der Waals surface area contributed by atoms with Crippen LogP contribution in [0.4, 0.5) is 5.82 Å². The predicted molar refractivity (Wildman–Crippen MR) is 62.8 cm³/mol. The molecule has 90 valence electrons. The molecule has 3 rings (SSSR count). The Morgan fingerprint density at radius 1 is 1.47 bits per heavy atom. The Morgan fingerprint density at radius 3 is 3.29 bits per heavy atom. The highest BCUT2D eigenvalue weighted by Gasteiger charge is 2.24. The first-order chi connectivity index (χ1) is 8.38. The molecule has 0 spiro atoms. The summed E-state index contributed by atoms with van der Waals surface area (Å²) in [7, 11) is 1.99. The molecule has 17 heavy (non-hydrogen) atoms. The summed E-state index contributed by atoms with van der Waals surface area (Å²) in [6.07, 6.45) is 4.69. The van der Waals surface area contributed by atoms with Crippen LogP contribution in [-0.4, -0.2) is 51.7 Å². The third kappa shape index (κ3) is 1.82. The van der Waals surface area contributed by atoms with E-state index in [1.807, 2.05) is 13.2 Å². The van der Waals surface area contributed by atoms with E-state index in [-0.39, 0.29) is 0 Å². The molecule has 0 bridgehead atoms. The van der Waals surface area contributed by atoms with Gasteiger partial charge in [-0.3, -0.25) is 4.98 Å². The van der Waals surface area contributed by atoms with E-state index < -0.39 is 0 Å². The Labute approximate surface area is 98.8 Å². The highest BCUT2D eigenvalue weighted by atomic mass is 15.5. The number of hydrogen-bond acceptors (Lipinski definition) is 6. The normalized spacial score (nSPS) is 20.3. The van der Waals surface area contributed by atoms with Gasteiger partial charge in [0.05, 0.1) is 12.4 Å². The Bertz CT molecular complexity index is 508. The molecule has 3 heterocycles. The lowest BCUT2D eigenvalue weighted by atomic mass is 10.1. The van der Waals surface area contributed by atoms with Crippen LogP contribution in [0.2, 0.25) is 0 Å². The van der Waals surface area contributed by atoms with E-state index in [0.29, 0.717) is 11.6 Å². The lowest BCUT2D eigenvalue weighted by Crippen LogP contribution is -2.26. The van der Waals surface area contributed by atoms with Crippen LogP contribution in [0.5, 0.6) is 0 Å². The second-order valence-corrected chi connectivity index (χ2v) is 4.37. The zero-order chi connectivity index (χ0) is 11.7. The molecule has 2 aromatic rings. The summed E-state index contributed by atoms with van der Waals surface area (Å²) in [6, 6.07) is 0. The van der Waals surface area contributed by atoms with Gasteiger partial charge in [0.1, 0.15) is 0 Å². The van der Waals surface area contributed by atoms with Crippen molar-refractivity contribution < 1.29 is 0 Å². The minimum absolute atomic E-state index is 0.687. The van der Waals surface area contributed by atoms with Gasteiger partial charge in [-0.2, -0.15) is 4.52 Å². The van der Waals surface area contributed by atoms with Gasteiger partial charge in [0.15, 0.2) is 11.5 Å². The van der Waals surface area contributed by atoms with Crippen molar-refractivity contribution in [2.75, 3.05) is 31.6 Å². The molecular weight excluding hydrogens is 218 g/mol. The minimum Gasteiger partial charge on any atom is -0.355 e. The summed E-state index contributed by atoms with van der Waals surface area (Å²) in [5.74, 6) is 1.66. The first kappa shape index (κ1) is 10.4. The van der Waals surface area contributed by atoms with Crippen LogP contribution in [0, 0.1) is 5.92 Å². The summed E-state index contributed by atoms with van der Waals surface area (Å²) < 4.78 is 1.74. The van der Waals surface area contributed by atoms with E-state index >= 15 is 0 Å². The van der Waals surface area contributed by atoms with E-state index in [0.717, 1.165) is 25.5 Å². The Balaban J connectivity index is 1.87. The summed E-state index contributed by atoms with van der Waals surface area (Å²) in [4.78, 5) is 6.47. The predicted octanol–water partition coefficient (Wildman–Crippen LogP) is -0.435. The van der Waals surface area contributed by atoms with Crippen LogP contribution in [0.1, 0.15) is 6.42 Å². The Hall–Kier alpha value is -1.76. The van der Waals surface area contributed by atoms with Gasteiger partial charge < -0.3 is 10.2 Å². The molecule has 1 N–H and O–H groups in total. The van der Waals surface area contributed by atoms with Crippen molar-refractivity contribution in [1.29, 1.82) is 0 Å². The van der Waals surface area contributed by atoms with Gasteiger partial charge in [0, 0.05) is 13.1 Å². The lowest BCUT2D eigenvalue weighted by Gasteiger charge is -2.18. The summed E-state index contributed by atoms with van der Waals surface area (Å²) in [5, 5.41) is 14.8. The van der Waals surface area contributed by atoms with Gasteiger partial charge >= 0.3 is 0 Å². The number of fused-ring (bicyclic) bond motifs is 1. The Kier molecular flexibility index (Phi) is 2.60. The minimum atomic E-state index is 0.687. The first-order valence-corrected chi connectivity index (χ1v) is 5.80. The SMILES string of the molecule is CNCC1CCN(c2cncc3nnnn23)C1. The number of hydrogen-bond donors (Lipinski definition) is 1. The second-order valence-electron chi connectivity index (χ2n) is 4.37. The second kappa shape index (κ2) is 4.25. The highest BCUT2D eigenvalue weighted by molar-refractivity contribution is 5.46. The van der Waals surface area contributed by atoms with Crippen molar-refractivity contribution in [3.63, 3.8) is 0 Å². The molecule has 1 atom stereocenters. The number of anilines is 1. The number of nitrogens with zero attached hydrogens (tertiary/aromatic N) is 6. The first-order valence-electron chi connectivity index (χ1n) is 5.80. The molecular formula is C10H15N7. The molecule has 1 unspecified atom stereocenters. The molecule has 0 radical (unpaired) electrons. The monoisotopic (exact) mass is 233 g/mol. The topological polar surface area (TPSA) is 71.2 Å². The van der Waals surface area contributed by atoms with E-state index in [1.165, 1.54) is 6.42 Å². The number of rotatable bonds is 3. The van der Waals surface area contributed by atoms with E-state index in [1.54, 1.807) is 10.7 Å². The van der Waals surface area contributed by atoms with E-state index in [9.17, 15) is 0 Å². The number of aromatic nitrogens is 5. The van der Waals surface area contributed by atoms with Crippen LogP contribution >= 0.6 is 0 Å². The zero-order valence-electron chi connectivity index (χ0n) is 9.74. The van der Waals surface area contributed by atoms with Crippen LogP contribution in [0.3, 0.4) is 0 Å². The summed E-state index contributed by atoms with van der Waals surface area (Å²) >= 11 is 0. The van der Waals surface area contributed by atoms with Gasteiger partial charge in [-0.15, -0.1) is 5.10 Å². The smallest absolute Gasteiger partial charge is 0.199 e. The maximum Gasteiger partial charge on any atom is 0.199 e. The molecule has 0 amide bonds. The van der Waals surface area contributed by atoms with E-state index in [4.69, 9.17) is 0 Å². The molecule has 0 aromatic carbocycles. The lowest BCUT2D eigenvalue weighted by molar-refractivity contribution is 0.548. The molecule has 0 aliphatic carbocycles. The zero-order valence-corrected chi connectivity index (χ0v) is 9.74. The third-order valence-electron chi connectivity index (χ3n) is 3.19. The fourth-order valence-electron chi connectivity index (χ4n) is 2.37. The molecule has 1 saturated heterocycles. The average molecular weight is 233 g/mol. The van der Waals surface area contributed by atoms with Crippen LogP contribution in [0.15, 0.2) is 12.4 Å². The number of tetrazole rings is 1. The van der Waals surface area contributed by atoms with Gasteiger partial charge in [0.25, 0.3) is 0 Å². The molecule has 7 nitrogen and oxygen atoms in total. The van der Waals surface area contributed by atoms with Crippen molar-refractivity contribution in [1.82, 2.24) is 30.3 Å². The Morgan fingerprint density at radius 2 is 2.41 bits per heavy atom.